The van der Waals surface area contributed by atoms with Crippen molar-refractivity contribution in [3.05, 3.63) is 64.1 Å². The second kappa shape index (κ2) is 11.5. The monoisotopic (exact) mass is 605 g/mol. The number of carbonyl (C=O) groups excluding carboxylic acids is 1. The van der Waals surface area contributed by atoms with Gasteiger partial charge in [-0.25, -0.2) is 17.2 Å². The van der Waals surface area contributed by atoms with Crippen LogP contribution in [0.3, 0.4) is 0 Å². The molecule has 0 unspecified atom stereocenters. The van der Waals surface area contributed by atoms with Gasteiger partial charge >= 0.3 is 18.0 Å². The Morgan fingerprint density at radius 3 is 2.15 bits per heavy atom. The van der Waals surface area contributed by atoms with Crippen LogP contribution in [0, 0.1) is 5.82 Å². The molecular weight excluding hydrogens is 586 g/mol. The van der Waals surface area contributed by atoms with Gasteiger partial charge in [-0.2, -0.15) is 26.3 Å². The van der Waals surface area contributed by atoms with Crippen LogP contribution in [0.2, 0.25) is 5.02 Å². The number of nitrogens with zero attached hydrogens (tertiary/aromatic N) is 1. The van der Waals surface area contributed by atoms with Crippen molar-refractivity contribution >= 4 is 44.8 Å². The van der Waals surface area contributed by atoms with E-state index >= 15 is 0 Å². The van der Waals surface area contributed by atoms with Crippen LogP contribution >= 0.6 is 11.6 Å². The molecule has 214 valence electrons. The zero-order valence-corrected chi connectivity index (χ0v) is 21.6. The molecule has 2 aromatic rings. The van der Waals surface area contributed by atoms with Gasteiger partial charge in [0.1, 0.15) is 11.5 Å². The predicted octanol–water partition coefficient (Wildman–Crippen LogP) is 5.90. The molecule has 0 saturated heterocycles. The van der Waals surface area contributed by atoms with Gasteiger partial charge < -0.3 is 11.1 Å². The molecule has 0 heterocycles. The van der Waals surface area contributed by atoms with Crippen molar-refractivity contribution < 1.29 is 48.3 Å². The Hall–Kier alpha value is -3.20. The molecule has 3 N–H and O–H groups in total. The van der Waals surface area contributed by atoms with Crippen LogP contribution in [0.15, 0.2) is 46.4 Å². The van der Waals surface area contributed by atoms with Crippen LogP contribution in [0.1, 0.15) is 30.0 Å². The van der Waals surface area contributed by atoms with Crippen molar-refractivity contribution in [2.75, 3.05) is 6.26 Å². The average molecular weight is 606 g/mol. The smallest absolute Gasteiger partial charge is 0.404 e. The first kappa shape index (κ1) is 32.0. The van der Waals surface area contributed by atoms with Crippen LogP contribution in [0.4, 0.5) is 40.8 Å². The van der Waals surface area contributed by atoms with Crippen molar-refractivity contribution in [3.8, 4) is 0 Å². The minimum Gasteiger partial charge on any atom is -0.404 e. The third kappa shape index (κ3) is 6.87. The topological polar surface area (TPSA) is 102 Å². The van der Waals surface area contributed by atoms with Crippen LogP contribution in [0.25, 0.3) is 5.57 Å². The van der Waals surface area contributed by atoms with E-state index in [4.69, 9.17) is 17.3 Å². The minimum absolute atomic E-state index is 0.0110. The molecule has 0 aliphatic rings. The van der Waals surface area contributed by atoms with Gasteiger partial charge in [-0.3, -0.25) is 9.79 Å². The summed E-state index contributed by atoms with van der Waals surface area (Å²) in [4.78, 5) is 14.0. The number of aliphatic imine (C=N–C) groups is 1. The third-order valence-electron chi connectivity index (χ3n) is 5.30. The fourth-order valence-corrected chi connectivity index (χ4v) is 4.40. The van der Waals surface area contributed by atoms with Gasteiger partial charge in [0.05, 0.1) is 9.92 Å². The van der Waals surface area contributed by atoms with Gasteiger partial charge in [0, 0.05) is 48.3 Å². The van der Waals surface area contributed by atoms with Crippen LogP contribution in [-0.2, 0) is 26.8 Å². The highest BCUT2D eigenvalue weighted by Gasteiger charge is 2.73. The fraction of sp³-hybridized carbons (Fsp3) is 0.304. The van der Waals surface area contributed by atoms with Gasteiger partial charge in [0.2, 0.25) is 5.91 Å². The molecule has 0 radical (unpaired) electrons. The van der Waals surface area contributed by atoms with Crippen LogP contribution in [-0.4, -0.2) is 39.1 Å². The molecule has 0 atom stereocenters. The second-order valence-electron chi connectivity index (χ2n) is 8.05. The molecule has 2 aromatic carbocycles. The number of allylic oxidation sites excluding steroid dienone is 1. The Morgan fingerprint density at radius 1 is 1.08 bits per heavy atom. The minimum atomic E-state index is -6.51. The highest BCUT2D eigenvalue weighted by atomic mass is 35.5. The number of benzene rings is 2. The van der Waals surface area contributed by atoms with Crippen molar-refractivity contribution in [3.63, 3.8) is 0 Å². The molecule has 0 fully saturated rings. The van der Waals surface area contributed by atoms with E-state index in [2.05, 4.69) is 10.3 Å². The Morgan fingerprint density at radius 2 is 1.67 bits per heavy atom. The largest absolute Gasteiger partial charge is 0.435 e. The number of hydrogen-bond donors (Lipinski definition) is 2. The second-order valence-corrected chi connectivity index (χ2v) is 10.4. The van der Waals surface area contributed by atoms with Crippen molar-refractivity contribution in [2.24, 2.45) is 10.7 Å². The molecule has 0 aromatic heterocycles. The van der Waals surface area contributed by atoms with E-state index in [1.165, 1.54) is 12.1 Å². The van der Waals surface area contributed by atoms with E-state index in [0.29, 0.717) is 6.26 Å². The number of hydrogen-bond acceptors (Lipinski definition) is 5. The molecule has 0 aliphatic heterocycles. The molecule has 0 saturated carbocycles. The Kier molecular flexibility index (Phi) is 9.44. The summed E-state index contributed by atoms with van der Waals surface area (Å²) in [5.74, 6) is -1.05. The number of nitrogens with one attached hydrogen (secondary N) is 1. The number of halogens is 9. The number of alkyl halides is 7. The van der Waals surface area contributed by atoms with Crippen molar-refractivity contribution in [1.82, 2.24) is 5.32 Å². The van der Waals surface area contributed by atoms with Gasteiger partial charge in [-0.1, -0.05) is 24.6 Å². The normalized spacial score (nSPS) is 13.7. The highest BCUT2D eigenvalue weighted by molar-refractivity contribution is 7.90. The van der Waals surface area contributed by atoms with Gasteiger partial charge in [-0.05, 0) is 29.8 Å². The Labute approximate surface area is 222 Å². The van der Waals surface area contributed by atoms with E-state index in [9.17, 15) is 48.3 Å². The predicted molar refractivity (Wildman–Crippen MR) is 128 cm³/mol. The lowest BCUT2D eigenvalue weighted by Gasteiger charge is -2.30. The first-order chi connectivity index (χ1) is 17.8. The Balaban J connectivity index is 2.65. The molecule has 2 rings (SSSR count). The maximum absolute atomic E-state index is 14.6. The first-order valence-corrected chi connectivity index (χ1v) is 12.9. The number of rotatable bonds is 8. The summed E-state index contributed by atoms with van der Waals surface area (Å²) in [6.45, 7) is 1.38. The SMILES string of the molecule is CCC(=O)NCc1cc(C(C=Nc2c(Cl)cc(C(F)(C(F)(F)F)C(F)(F)F)cc2S(C)(=O)=O)=CN)ccc1F. The van der Waals surface area contributed by atoms with Crippen molar-refractivity contribution in [1.29, 1.82) is 0 Å². The summed E-state index contributed by atoms with van der Waals surface area (Å²) in [7, 11) is -4.62. The number of amides is 1. The van der Waals surface area contributed by atoms with E-state index in [1.54, 1.807) is 6.92 Å². The molecule has 1 amide bonds. The van der Waals surface area contributed by atoms with E-state index in [0.717, 1.165) is 18.5 Å². The molecule has 0 bridgehead atoms. The van der Waals surface area contributed by atoms with Gasteiger partial charge in [0.15, 0.2) is 9.84 Å². The summed E-state index contributed by atoms with van der Waals surface area (Å²) < 4.78 is 133. The summed E-state index contributed by atoms with van der Waals surface area (Å²) in [5, 5.41) is 1.42. The highest BCUT2D eigenvalue weighted by Crippen LogP contribution is 2.54. The van der Waals surface area contributed by atoms with Crippen molar-refractivity contribution in [2.45, 2.75) is 42.8 Å². The molecule has 0 aliphatic carbocycles. The van der Waals surface area contributed by atoms with Gasteiger partial charge in [-0.15, -0.1) is 0 Å². The summed E-state index contributed by atoms with van der Waals surface area (Å²) in [6, 6.07) is 3.36. The van der Waals surface area contributed by atoms with E-state index in [-0.39, 0.29) is 47.7 Å². The number of carbonyl (C=O) groups is 1. The number of nitrogens with two attached hydrogens (primary N) is 1. The van der Waals surface area contributed by atoms with Crippen LogP contribution < -0.4 is 11.1 Å². The standard InChI is InChI=1S/C23H20ClF8N3O3S/c1-3-19(36)34-10-13-6-12(4-5-17(13)25)14(9-33)11-35-20-16(24)7-15(8-18(20)39(2,37)38)21(26,22(27,28)29)23(30,31)32/h4-9,11H,3,10,33H2,1-2H3,(H,34,36). The lowest BCUT2D eigenvalue weighted by Crippen LogP contribution is -2.50. The first-order valence-electron chi connectivity index (χ1n) is 10.7. The maximum atomic E-state index is 14.6. The lowest BCUT2D eigenvalue weighted by molar-refractivity contribution is -0.348. The molecule has 39 heavy (non-hydrogen) atoms. The quantitative estimate of drug-likeness (QED) is 0.289. The van der Waals surface area contributed by atoms with Crippen LogP contribution in [0.5, 0.6) is 0 Å². The van der Waals surface area contributed by atoms with Gasteiger partial charge in [0.25, 0.3) is 0 Å². The summed E-state index contributed by atoms with van der Waals surface area (Å²) in [6.07, 6.45) is -10.6. The fourth-order valence-electron chi connectivity index (χ4n) is 3.23. The molecule has 6 nitrogen and oxygen atoms in total. The molecule has 16 heteroatoms. The Bertz CT molecular complexity index is 1410. The third-order valence-corrected chi connectivity index (χ3v) is 6.69. The maximum Gasteiger partial charge on any atom is 0.435 e. The zero-order chi connectivity index (χ0) is 30.0. The average Bonchev–Trinajstić information content (AvgIpc) is 2.81. The zero-order valence-electron chi connectivity index (χ0n) is 20.0. The molecular formula is C23H20ClF8N3O3S. The summed E-state index contributed by atoms with van der Waals surface area (Å²) >= 11 is 5.83. The lowest BCUT2D eigenvalue weighted by atomic mass is 9.94. The summed E-state index contributed by atoms with van der Waals surface area (Å²) in [5.41, 5.74) is -3.07. The van der Waals surface area contributed by atoms with E-state index < -0.39 is 54.8 Å². The number of sulfone groups is 1. The van der Waals surface area contributed by atoms with E-state index in [1.807, 2.05) is 0 Å². The molecule has 0 spiro atoms.